The van der Waals surface area contributed by atoms with Gasteiger partial charge < -0.3 is 14.6 Å². The number of carbonyl (C=O) groups is 1. The molecule has 7 nitrogen and oxygen atoms in total. The van der Waals surface area contributed by atoms with Crippen LogP contribution in [0.2, 0.25) is 0 Å². The average Bonchev–Trinajstić information content (AvgIpc) is 2.99. The van der Waals surface area contributed by atoms with Gasteiger partial charge in [-0.15, -0.1) is 0 Å². The number of aromatic nitrogens is 3. The zero-order chi connectivity index (χ0) is 26.9. The quantitative estimate of drug-likeness (QED) is 0.179. The van der Waals surface area contributed by atoms with Gasteiger partial charge in [-0.1, -0.05) is 92.8 Å². The molecule has 0 amide bonds. The molecule has 200 valence electrons. The minimum atomic E-state index is -0.180. The lowest BCUT2D eigenvalue weighted by molar-refractivity contribution is -0.144. The van der Waals surface area contributed by atoms with E-state index in [1.54, 1.807) is 12.1 Å². The Balaban J connectivity index is 1.24. The second-order valence-corrected chi connectivity index (χ2v) is 9.83. The number of rotatable bonds is 10. The monoisotopic (exact) mass is 523 g/mol. The van der Waals surface area contributed by atoms with E-state index in [0.29, 0.717) is 41.1 Å². The van der Waals surface area contributed by atoms with E-state index in [1.165, 1.54) is 38.2 Å². The van der Waals surface area contributed by atoms with E-state index in [-0.39, 0.29) is 24.9 Å². The molecule has 5 rings (SSSR count). The van der Waals surface area contributed by atoms with Gasteiger partial charge in [0, 0.05) is 23.6 Å². The number of esters is 1. The van der Waals surface area contributed by atoms with Crippen molar-refractivity contribution >= 4 is 5.97 Å². The third-order valence-electron chi connectivity index (χ3n) is 7.01. The Morgan fingerprint density at radius 3 is 2.00 bits per heavy atom. The van der Waals surface area contributed by atoms with Crippen LogP contribution in [0.1, 0.15) is 44.9 Å². The average molecular weight is 524 g/mol. The first-order valence-corrected chi connectivity index (χ1v) is 13.6. The molecule has 1 fully saturated rings. The minimum Gasteiger partial charge on any atom is -0.507 e. The van der Waals surface area contributed by atoms with E-state index in [2.05, 4.69) is 15.0 Å². The standard InChI is InChI=1S/C32H33N3O4/c36-28-22-26(38-20-21-39-29(37)19-16-23-10-4-1-5-11-23)17-18-27(28)32-34-30(24-12-6-2-7-13-24)33-31(35-32)25-14-8-3-9-15-25/h2-3,6-9,12-15,17-18,22-23,36H,1,4-5,10-11,16,19-21H2. The number of phenolic OH excluding ortho intramolecular Hbond substituents is 1. The first kappa shape index (κ1) is 26.4. The van der Waals surface area contributed by atoms with Crippen LogP contribution in [-0.4, -0.2) is 39.2 Å². The smallest absolute Gasteiger partial charge is 0.305 e. The lowest BCUT2D eigenvalue weighted by Crippen LogP contribution is -2.14. The number of hydrogen-bond donors (Lipinski definition) is 1. The van der Waals surface area contributed by atoms with Crippen LogP contribution in [0.3, 0.4) is 0 Å². The second-order valence-electron chi connectivity index (χ2n) is 9.83. The molecule has 39 heavy (non-hydrogen) atoms. The van der Waals surface area contributed by atoms with Crippen molar-refractivity contribution in [3.63, 3.8) is 0 Å². The molecule has 1 saturated carbocycles. The molecule has 1 aromatic heterocycles. The van der Waals surface area contributed by atoms with Crippen molar-refractivity contribution in [3.05, 3.63) is 78.9 Å². The highest BCUT2D eigenvalue weighted by Gasteiger charge is 2.17. The van der Waals surface area contributed by atoms with Gasteiger partial charge >= 0.3 is 5.97 Å². The molecule has 1 heterocycles. The molecule has 0 unspecified atom stereocenters. The summed E-state index contributed by atoms with van der Waals surface area (Å²) in [5.74, 6) is 2.32. The van der Waals surface area contributed by atoms with Gasteiger partial charge in [-0.25, -0.2) is 15.0 Å². The molecule has 1 aliphatic carbocycles. The highest BCUT2D eigenvalue weighted by molar-refractivity contribution is 5.70. The summed E-state index contributed by atoms with van der Waals surface area (Å²) in [7, 11) is 0. The number of hydrogen-bond acceptors (Lipinski definition) is 7. The fourth-order valence-corrected chi connectivity index (χ4v) is 4.90. The number of nitrogens with zero attached hydrogens (tertiary/aromatic N) is 3. The molecule has 0 aliphatic heterocycles. The van der Waals surface area contributed by atoms with Gasteiger partial charge in [-0.2, -0.15) is 0 Å². The van der Waals surface area contributed by atoms with Gasteiger partial charge in [-0.3, -0.25) is 4.79 Å². The molecule has 0 radical (unpaired) electrons. The van der Waals surface area contributed by atoms with E-state index < -0.39 is 0 Å². The van der Waals surface area contributed by atoms with E-state index >= 15 is 0 Å². The second kappa shape index (κ2) is 13.0. The normalized spacial score (nSPS) is 13.6. The molecule has 4 aromatic rings. The van der Waals surface area contributed by atoms with Crippen LogP contribution < -0.4 is 4.74 Å². The van der Waals surface area contributed by atoms with Gasteiger partial charge in [0.15, 0.2) is 17.5 Å². The van der Waals surface area contributed by atoms with Crippen LogP contribution >= 0.6 is 0 Å². The molecule has 7 heteroatoms. The van der Waals surface area contributed by atoms with E-state index in [4.69, 9.17) is 9.47 Å². The van der Waals surface area contributed by atoms with Crippen LogP contribution in [0.25, 0.3) is 34.2 Å². The Labute approximate surface area is 228 Å². The number of phenols is 1. The van der Waals surface area contributed by atoms with E-state index in [1.807, 2.05) is 60.7 Å². The fourth-order valence-electron chi connectivity index (χ4n) is 4.90. The van der Waals surface area contributed by atoms with E-state index in [9.17, 15) is 9.90 Å². The highest BCUT2D eigenvalue weighted by atomic mass is 16.6. The van der Waals surface area contributed by atoms with Crippen molar-refractivity contribution in [2.45, 2.75) is 44.9 Å². The van der Waals surface area contributed by atoms with Crippen molar-refractivity contribution < 1.29 is 19.4 Å². The van der Waals surface area contributed by atoms with Crippen LogP contribution in [0.15, 0.2) is 78.9 Å². The molecular weight excluding hydrogens is 490 g/mol. The summed E-state index contributed by atoms with van der Waals surface area (Å²) >= 11 is 0. The fraction of sp³-hybridized carbons (Fsp3) is 0.312. The number of ether oxygens (including phenoxy) is 2. The predicted octanol–water partition coefficient (Wildman–Crippen LogP) is 6.86. The Bertz CT molecular complexity index is 1320. The lowest BCUT2D eigenvalue weighted by atomic mass is 9.86. The Kier molecular flexibility index (Phi) is 8.79. The van der Waals surface area contributed by atoms with Crippen molar-refractivity contribution in [2.24, 2.45) is 5.92 Å². The first-order chi connectivity index (χ1) is 19.2. The first-order valence-electron chi connectivity index (χ1n) is 13.6. The number of aromatic hydroxyl groups is 1. The van der Waals surface area contributed by atoms with Crippen LogP contribution in [0, 0.1) is 5.92 Å². The maximum Gasteiger partial charge on any atom is 0.305 e. The van der Waals surface area contributed by atoms with Crippen molar-refractivity contribution in [1.82, 2.24) is 15.0 Å². The summed E-state index contributed by atoms with van der Waals surface area (Å²) in [4.78, 5) is 26.1. The lowest BCUT2D eigenvalue weighted by Gasteiger charge is -2.20. The molecular formula is C32H33N3O4. The Morgan fingerprint density at radius 2 is 1.38 bits per heavy atom. The van der Waals surface area contributed by atoms with E-state index in [0.717, 1.165) is 17.5 Å². The molecule has 0 spiro atoms. The van der Waals surface area contributed by atoms with Gasteiger partial charge in [0.2, 0.25) is 0 Å². The van der Waals surface area contributed by atoms with Crippen LogP contribution in [-0.2, 0) is 9.53 Å². The van der Waals surface area contributed by atoms with Crippen molar-refractivity contribution in [3.8, 4) is 45.7 Å². The van der Waals surface area contributed by atoms with Crippen molar-refractivity contribution in [2.75, 3.05) is 13.2 Å². The zero-order valence-corrected chi connectivity index (χ0v) is 22.0. The molecule has 0 saturated heterocycles. The minimum absolute atomic E-state index is 0.0128. The van der Waals surface area contributed by atoms with Gasteiger partial charge in [-0.05, 0) is 24.5 Å². The number of benzene rings is 3. The predicted molar refractivity (Wildman–Crippen MR) is 150 cm³/mol. The summed E-state index contributed by atoms with van der Waals surface area (Å²) in [5.41, 5.74) is 2.17. The summed E-state index contributed by atoms with van der Waals surface area (Å²) in [6.45, 7) is 0.371. The third-order valence-corrected chi connectivity index (χ3v) is 7.01. The topological polar surface area (TPSA) is 94.4 Å². The molecule has 0 bridgehead atoms. The molecule has 1 aliphatic rings. The summed E-state index contributed by atoms with van der Waals surface area (Å²) in [6, 6.07) is 24.3. The van der Waals surface area contributed by atoms with Gasteiger partial charge in [0.1, 0.15) is 24.7 Å². The van der Waals surface area contributed by atoms with Crippen molar-refractivity contribution in [1.29, 1.82) is 0 Å². The van der Waals surface area contributed by atoms with Gasteiger partial charge in [0.25, 0.3) is 0 Å². The maximum absolute atomic E-state index is 12.1. The molecule has 0 atom stereocenters. The van der Waals surface area contributed by atoms with Gasteiger partial charge in [0.05, 0.1) is 5.56 Å². The zero-order valence-electron chi connectivity index (χ0n) is 22.0. The third kappa shape index (κ3) is 7.19. The van der Waals surface area contributed by atoms with Crippen LogP contribution in [0.5, 0.6) is 11.5 Å². The van der Waals surface area contributed by atoms with Crippen LogP contribution in [0.4, 0.5) is 0 Å². The summed E-state index contributed by atoms with van der Waals surface area (Å²) in [5, 5.41) is 10.8. The summed E-state index contributed by atoms with van der Waals surface area (Å²) in [6.07, 6.45) is 7.67. The highest BCUT2D eigenvalue weighted by Crippen LogP contribution is 2.33. The largest absolute Gasteiger partial charge is 0.507 e. The molecule has 1 N–H and O–H groups in total. The Morgan fingerprint density at radius 1 is 0.769 bits per heavy atom. The Hall–Kier alpha value is -4.26. The molecule has 3 aromatic carbocycles. The number of carbonyl (C=O) groups excluding carboxylic acids is 1. The SMILES string of the molecule is O=C(CCC1CCCCC1)OCCOc1ccc(-c2nc(-c3ccccc3)nc(-c3ccccc3)n2)c(O)c1. The summed E-state index contributed by atoms with van der Waals surface area (Å²) < 4.78 is 11.1. The maximum atomic E-state index is 12.1.